The van der Waals surface area contributed by atoms with Gasteiger partial charge in [0.2, 0.25) is 0 Å². The minimum absolute atomic E-state index is 0.0257. The highest BCUT2D eigenvalue weighted by molar-refractivity contribution is 6.30. The van der Waals surface area contributed by atoms with Crippen LogP contribution in [0.5, 0.6) is 0 Å². The van der Waals surface area contributed by atoms with Crippen molar-refractivity contribution in [3.05, 3.63) is 135 Å². The van der Waals surface area contributed by atoms with Crippen molar-refractivity contribution in [3.63, 3.8) is 0 Å². The summed E-state index contributed by atoms with van der Waals surface area (Å²) in [6.07, 6.45) is -8.84. The van der Waals surface area contributed by atoms with E-state index in [1.165, 1.54) is 36.5 Å². The number of aromatic nitrogens is 1. The highest BCUT2D eigenvalue weighted by Gasteiger charge is 2.39. The summed E-state index contributed by atoms with van der Waals surface area (Å²) in [5.74, 6) is -1.08. The fourth-order valence-corrected chi connectivity index (χ4v) is 4.50. The number of hydrogen-bond donors (Lipinski definition) is 1. The van der Waals surface area contributed by atoms with Crippen molar-refractivity contribution in [3.8, 4) is 0 Å². The largest absolute Gasteiger partial charge is 0.416 e. The Bertz CT molecular complexity index is 1390. The summed E-state index contributed by atoms with van der Waals surface area (Å²) in [6, 6.07) is 20.0. The predicted octanol–water partition coefficient (Wildman–Crippen LogP) is 8.27. The molecule has 1 aromatic heterocycles. The Balaban J connectivity index is 1.83. The fraction of sp³-hybridized carbons (Fsp3) is 0.207. The van der Waals surface area contributed by atoms with Crippen LogP contribution in [0.25, 0.3) is 0 Å². The van der Waals surface area contributed by atoms with Gasteiger partial charge in [-0.25, -0.2) is 4.39 Å². The standard InChI is InChI=1S/C29H22ClF7N2/c30-24-10-11-26(38-18-24)27(15-19-4-2-1-3-5-19,22-12-23(29(35,36)37)14-25(31)13-22)39-17-21-8-6-20(7-9-21)16-28(32,33)34/h1-14,18,39H,15-17H2. The van der Waals surface area contributed by atoms with Crippen LogP contribution < -0.4 is 5.32 Å². The minimum atomic E-state index is -4.81. The van der Waals surface area contributed by atoms with Gasteiger partial charge in [-0.1, -0.05) is 66.2 Å². The quantitative estimate of drug-likeness (QED) is 0.217. The Labute approximate surface area is 225 Å². The van der Waals surface area contributed by atoms with Gasteiger partial charge in [-0.3, -0.25) is 10.3 Å². The monoisotopic (exact) mass is 566 g/mol. The summed E-state index contributed by atoms with van der Waals surface area (Å²) >= 11 is 6.04. The number of halogens is 8. The van der Waals surface area contributed by atoms with Gasteiger partial charge in [0.25, 0.3) is 0 Å². The zero-order valence-corrected chi connectivity index (χ0v) is 21.0. The number of benzene rings is 3. The first-order valence-corrected chi connectivity index (χ1v) is 12.2. The number of nitrogens with zero attached hydrogens (tertiary/aromatic N) is 1. The van der Waals surface area contributed by atoms with Crippen LogP contribution in [0.1, 0.15) is 33.5 Å². The van der Waals surface area contributed by atoms with Gasteiger partial charge in [-0.15, -0.1) is 0 Å². The molecule has 0 amide bonds. The molecule has 3 aromatic carbocycles. The molecule has 10 heteroatoms. The van der Waals surface area contributed by atoms with Crippen molar-refractivity contribution >= 4 is 11.6 Å². The summed E-state index contributed by atoms with van der Waals surface area (Å²) in [7, 11) is 0. The zero-order valence-electron chi connectivity index (χ0n) is 20.3. The van der Waals surface area contributed by atoms with Crippen LogP contribution in [-0.4, -0.2) is 11.2 Å². The van der Waals surface area contributed by atoms with Gasteiger partial charge >= 0.3 is 12.4 Å². The van der Waals surface area contributed by atoms with Crippen molar-refractivity contribution in [2.45, 2.75) is 37.3 Å². The highest BCUT2D eigenvalue weighted by atomic mass is 35.5. The third-order valence-corrected chi connectivity index (χ3v) is 6.44. The molecule has 0 saturated heterocycles. The summed E-state index contributed by atoms with van der Waals surface area (Å²) in [5.41, 5.74) is -1.02. The van der Waals surface area contributed by atoms with Crippen LogP contribution in [0, 0.1) is 5.82 Å². The number of pyridine rings is 1. The molecule has 1 N–H and O–H groups in total. The average Bonchev–Trinajstić information content (AvgIpc) is 2.87. The lowest BCUT2D eigenvalue weighted by atomic mass is 9.79. The van der Waals surface area contributed by atoms with E-state index < -0.39 is 35.7 Å². The van der Waals surface area contributed by atoms with Crippen molar-refractivity contribution in [1.29, 1.82) is 0 Å². The Hall–Kier alpha value is -3.43. The number of hydrogen-bond acceptors (Lipinski definition) is 2. The zero-order chi connectivity index (χ0) is 28.3. The van der Waals surface area contributed by atoms with Crippen LogP contribution in [0.15, 0.2) is 91.1 Å². The minimum Gasteiger partial charge on any atom is -0.298 e. The molecule has 0 aliphatic carbocycles. The van der Waals surface area contributed by atoms with Crippen molar-refractivity contribution in [2.75, 3.05) is 0 Å². The molecular formula is C29H22ClF7N2. The second-order valence-corrected chi connectivity index (χ2v) is 9.55. The van der Waals surface area contributed by atoms with E-state index in [-0.39, 0.29) is 29.8 Å². The van der Waals surface area contributed by atoms with E-state index in [9.17, 15) is 30.7 Å². The first-order chi connectivity index (χ1) is 18.3. The molecule has 0 saturated carbocycles. The Kier molecular flexibility index (Phi) is 8.32. The van der Waals surface area contributed by atoms with Crippen LogP contribution >= 0.6 is 11.6 Å². The van der Waals surface area contributed by atoms with Crippen LogP contribution in [0.4, 0.5) is 30.7 Å². The molecule has 0 fully saturated rings. The van der Waals surface area contributed by atoms with Crippen LogP contribution in [-0.2, 0) is 31.1 Å². The highest BCUT2D eigenvalue weighted by Crippen LogP contribution is 2.38. The van der Waals surface area contributed by atoms with Crippen molar-refractivity contribution in [2.24, 2.45) is 0 Å². The Morgan fingerprint density at radius 3 is 1.90 bits per heavy atom. The molecule has 204 valence electrons. The first-order valence-electron chi connectivity index (χ1n) is 11.8. The average molecular weight is 567 g/mol. The van der Waals surface area contributed by atoms with Gasteiger partial charge in [0.15, 0.2) is 0 Å². The number of nitrogens with one attached hydrogen (secondary N) is 1. The molecule has 0 bridgehead atoms. The van der Waals surface area contributed by atoms with Gasteiger partial charge in [0, 0.05) is 19.2 Å². The van der Waals surface area contributed by atoms with Gasteiger partial charge < -0.3 is 0 Å². The molecular weight excluding hydrogens is 545 g/mol. The van der Waals surface area contributed by atoms with Crippen molar-refractivity contribution < 1.29 is 30.7 Å². The van der Waals surface area contributed by atoms with Crippen LogP contribution in [0.3, 0.4) is 0 Å². The lowest BCUT2D eigenvalue weighted by Gasteiger charge is -2.36. The molecule has 1 heterocycles. The predicted molar refractivity (Wildman–Crippen MR) is 135 cm³/mol. The van der Waals surface area contributed by atoms with Gasteiger partial charge in [-0.05, 0) is 52.6 Å². The summed E-state index contributed by atoms with van der Waals surface area (Å²) in [4.78, 5) is 4.39. The molecule has 39 heavy (non-hydrogen) atoms. The lowest BCUT2D eigenvalue weighted by molar-refractivity contribution is -0.137. The van der Waals surface area contributed by atoms with Gasteiger partial charge in [0.1, 0.15) is 5.82 Å². The number of alkyl halides is 6. The van der Waals surface area contributed by atoms with Gasteiger partial charge in [-0.2, -0.15) is 26.3 Å². The molecule has 1 atom stereocenters. The molecule has 4 aromatic rings. The molecule has 2 nitrogen and oxygen atoms in total. The Morgan fingerprint density at radius 2 is 1.31 bits per heavy atom. The molecule has 4 rings (SSSR count). The summed E-state index contributed by atoms with van der Waals surface area (Å²) in [6.45, 7) is 0.0291. The van der Waals surface area contributed by atoms with E-state index in [1.54, 1.807) is 36.4 Å². The van der Waals surface area contributed by atoms with E-state index >= 15 is 0 Å². The molecule has 0 spiro atoms. The van der Waals surface area contributed by atoms with Crippen molar-refractivity contribution in [1.82, 2.24) is 10.3 Å². The lowest BCUT2D eigenvalue weighted by Crippen LogP contribution is -2.46. The first kappa shape index (κ1) is 28.6. The maximum absolute atomic E-state index is 14.7. The maximum atomic E-state index is 14.7. The molecule has 0 radical (unpaired) electrons. The Morgan fingerprint density at radius 1 is 0.692 bits per heavy atom. The second kappa shape index (κ2) is 11.4. The third kappa shape index (κ3) is 7.36. The summed E-state index contributed by atoms with van der Waals surface area (Å²) < 4.78 is 94.2. The summed E-state index contributed by atoms with van der Waals surface area (Å²) in [5, 5.41) is 3.56. The molecule has 0 aliphatic rings. The fourth-order valence-electron chi connectivity index (χ4n) is 4.39. The SMILES string of the molecule is Fc1cc(C(F)(F)F)cc(C(Cc2ccccc2)(NCc2ccc(CC(F)(F)F)cc2)c2ccc(Cl)cn2)c1. The van der Waals surface area contributed by atoms with E-state index in [0.29, 0.717) is 16.7 Å². The smallest absolute Gasteiger partial charge is 0.298 e. The number of rotatable bonds is 8. The van der Waals surface area contributed by atoms with E-state index in [2.05, 4.69) is 10.3 Å². The van der Waals surface area contributed by atoms with E-state index in [1.807, 2.05) is 0 Å². The normalized spacial score (nSPS) is 13.7. The molecule has 0 aliphatic heterocycles. The maximum Gasteiger partial charge on any atom is 0.416 e. The second-order valence-electron chi connectivity index (χ2n) is 9.12. The van der Waals surface area contributed by atoms with E-state index in [4.69, 9.17) is 11.6 Å². The molecule has 1 unspecified atom stereocenters. The topological polar surface area (TPSA) is 24.9 Å². The van der Waals surface area contributed by atoms with Gasteiger partial charge in [0.05, 0.1) is 28.2 Å². The van der Waals surface area contributed by atoms with E-state index in [0.717, 1.165) is 17.7 Å². The third-order valence-electron chi connectivity index (χ3n) is 6.22. The van der Waals surface area contributed by atoms with Crippen LogP contribution in [0.2, 0.25) is 5.02 Å².